The lowest BCUT2D eigenvalue weighted by Crippen LogP contribution is -2.32. The fourth-order valence-corrected chi connectivity index (χ4v) is 1.88. The second kappa shape index (κ2) is 6.06. The van der Waals surface area contributed by atoms with Gasteiger partial charge in [-0.1, -0.05) is 19.1 Å². The van der Waals surface area contributed by atoms with Crippen molar-refractivity contribution in [2.45, 2.75) is 26.1 Å². The van der Waals surface area contributed by atoms with Crippen LogP contribution in [0, 0.1) is 0 Å². The summed E-state index contributed by atoms with van der Waals surface area (Å²) in [7, 11) is 0. The van der Waals surface area contributed by atoms with E-state index in [9.17, 15) is 18.0 Å². The number of nitrogens with zero attached hydrogens (tertiary/aromatic N) is 1. The normalized spacial score (nSPS) is 13.6. The second-order valence-electron chi connectivity index (χ2n) is 4.26. The summed E-state index contributed by atoms with van der Waals surface area (Å²) in [6.45, 7) is 3.71. The Kier molecular flexibility index (Phi) is 4.94. The summed E-state index contributed by atoms with van der Waals surface area (Å²) >= 11 is 0. The summed E-state index contributed by atoms with van der Waals surface area (Å²) in [6.07, 6.45) is -4.39. The number of carboxylic acid groups (broad SMARTS) is 1. The first-order valence-corrected chi connectivity index (χ1v) is 5.88. The number of halogens is 3. The highest BCUT2D eigenvalue weighted by atomic mass is 19.4. The summed E-state index contributed by atoms with van der Waals surface area (Å²) in [5.41, 5.74) is -0.263. The molecule has 0 aromatic heterocycles. The minimum Gasteiger partial charge on any atom is -0.480 e. The second-order valence-corrected chi connectivity index (χ2v) is 4.26. The fourth-order valence-electron chi connectivity index (χ4n) is 1.88. The number of carbonyl (C=O) groups is 1. The Morgan fingerprint density at radius 2 is 2.05 bits per heavy atom. The SMILES string of the molecule is CCN(CC(=O)O)C(C)c1cccc(C(F)(F)F)c1. The van der Waals surface area contributed by atoms with Crippen LogP contribution in [0.15, 0.2) is 24.3 Å². The topological polar surface area (TPSA) is 40.5 Å². The summed E-state index contributed by atoms with van der Waals surface area (Å²) in [4.78, 5) is 12.3. The van der Waals surface area contributed by atoms with Crippen LogP contribution in [0.2, 0.25) is 0 Å². The zero-order valence-corrected chi connectivity index (χ0v) is 10.7. The van der Waals surface area contributed by atoms with Gasteiger partial charge in [0.25, 0.3) is 0 Å². The number of rotatable bonds is 5. The molecule has 0 aliphatic heterocycles. The average Bonchev–Trinajstić information content (AvgIpc) is 2.34. The highest BCUT2D eigenvalue weighted by Gasteiger charge is 2.31. The van der Waals surface area contributed by atoms with Crippen molar-refractivity contribution >= 4 is 5.97 Å². The van der Waals surface area contributed by atoms with Crippen LogP contribution in [-0.4, -0.2) is 29.1 Å². The molecule has 0 aliphatic carbocycles. The van der Waals surface area contributed by atoms with Gasteiger partial charge in [0.05, 0.1) is 12.1 Å². The molecule has 1 aromatic rings. The zero-order valence-electron chi connectivity index (χ0n) is 10.7. The van der Waals surface area contributed by atoms with E-state index in [4.69, 9.17) is 5.11 Å². The Labute approximate surface area is 109 Å². The van der Waals surface area contributed by atoms with Gasteiger partial charge < -0.3 is 5.11 Å². The van der Waals surface area contributed by atoms with E-state index in [1.54, 1.807) is 24.8 Å². The van der Waals surface area contributed by atoms with Gasteiger partial charge in [-0.25, -0.2) is 0 Å². The van der Waals surface area contributed by atoms with Gasteiger partial charge in [-0.2, -0.15) is 13.2 Å². The molecule has 19 heavy (non-hydrogen) atoms. The highest BCUT2D eigenvalue weighted by molar-refractivity contribution is 5.69. The van der Waals surface area contributed by atoms with Gasteiger partial charge in [-0.15, -0.1) is 0 Å². The number of alkyl halides is 3. The van der Waals surface area contributed by atoms with Crippen LogP contribution in [0.3, 0.4) is 0 Å². The smallest absolute Gasteiger partial charge is 0.416 e. The van der Waals surface area contributed by atoms with Crippen LogP contribution in [0.4, 0.5) is 13.2 Å². The molecule has 0 amide bonds. The van der Waals surface area contributed by atoms with E-state index in [1.165, 1.54) is 6.07 Å². The van der Waals surface area contributed by atoms with Crippen molar-refractivity contribution in [3.05, 3.63) is 35.4 Å². The number of likely N-dealkylation sites (N-methyl/N-ethyl adjacent to an activating group) is 1. The monoisotopic (exact) mass is 275 g/mol. The van der Waals surface area contributed by atoms with Gasteiger partial charge in [-0.05, 0) is 31.2 Å². The highest BCUT2D eigenvalue weighted by Crippen LogP contribution is 2.31. The molecule has 0 fully saturated rings. The van der Waals surface area contributed by atoms with Crippen LogP contribution in [0.25, 0.3) is 0 Å². The quantitative estimate of drug-likeness (QED) is 0.897. The molecular weight excluding hydrogens is 259 g/mol. The molecule has 1 N–H and O–H groups in total. The molecule has 0 heterocycles. The number of hydrogen-bond donors (Lipinski definition) is 1. The van der Waals surface area contributed by atoms with Gasteiger partial charge >= 0.3 is 12.1 Å². The van der Waals surface area contributed by atoms with E-state index in [2.05, 4.69) is 0 Å². The Bertz CT molecular complexity index is 446. The van der Waals surface area contributed by atoms with E-state index in [-0.39, 0.29) is 12.6 Å². The molecule has 0 radical (unpaired) electrons. The van der Waals surface area contributed by atoms with Crippen LogP contribution < -0.4 is 0 Å². The fraction of sp³-hybridized carbons (Fsp3) is 0.462. The minimum absolute atomic E-state index is 0.200. The third kappa shape index (κ3) is 4.24. The summed E-state index contributed by atoms with van der Waals surface area (Å²) in [5, 5.41) is 8.77. The van der Waals surface area contributed by atoms with Gasteiger partial charge in [0, 0.05) is 6.04 Å². The molecule has 6 heteroatoms. The molecule has 0 aliphatic rings. The van der Waals surface area contributed by atoms with E-state index >= 15 is 0 Å². The Morgan fingerprint density at radius 3 is 2.53 bits per heavy atom. The van der Waals surface area contributed by atoms with E-state index in [1.807, 2.05) is 0 Å². The lowest BCUT2D eigenvalue weighted by Gasteiger charge is -2.26. The molecule has 0 saturated heterocycles. The third-order valence-corrected chi connectivity index (χ3v) is 2.99. The molecule has 1 atom stereocenters. The summed E-state index contributed by atoms with van der Waals surface area (Å²) in [5.74, 6) is -0.999. The average molecular weight is 275 g/mol. The number of hydrogen-bond acceptors (Lipinski definition) is 2. The van der Waals surface area contributed by atoms with Crippen molar-refractivity contribution in [3.8, 4) is 0 Å². The Balaban J connectivity index is 2.98. The largest absolute Gasteiger partial charge is 0.480 e. The minimum atomic E-state index is -4.39. The molecule has 0 saturated carbocycles. The van der Waals surface area contributed by atoms with Crippen molar-refractivity contribution < 1.29 is 23.1 Å². The number of aliphatic carboxylic acids is 1. The van der Waals surface area contributed by atoms with Crippen LogP contribution in [0.1, 0.15) is 31.0 Å². The third-order valence-electron chi connectivity index (χ3n) is 2.99. The van der Waals surface area contributed by atoms with Gasteiger partial charge in [0.15, 0.2) is 0 Å². The Hall–Kier alpha value is -1.56. The first-order valence-electron chi connectivity index (χ1n) is 5.88. The predicted molar refractivity (Wildman–Crippen MR) is 64.7 cm³/mol. The first-order chi connectivity index (χ1) is 8.75. The van der Waals surface area contributed by atoms with Gasteiger partial charge in [-0.3, -0.25) is 9.69 Å². The van der Waals surface area contributed by atoms with Crippen molar-refractivity contribution in [2.24, 2.45) is 0 Å². The van der Waals surface area contributed by atoms with E-state index in [0.717, 1.165) is 12.1 Å². The zero-order chi connectivity index (χ0) is 14.6. The van der Waals surface area contributed by atoms with Crippen molar-refractivity contribution in [2.75, 3.05) is 13.1 Å². The molecule has 3 nitrogen and oxygen atoms in total. The molecule has 1 aromatic carbocycles. The molecule has 1 unspecified atom stereocenters. The standard InChI is InChI=1S/C13H16F3NO2/c1-3-17(8-12(18)19)9(2)10-5-4-6-11(7-10)13(14,15)16/h4-7,9H,3,8H2,1-2H3,(H,18,19). The van der Waals surface area contributed by atoms with Gasteiger partial charge in [0.1, 0.15) is 0 Å². The maximum Gasteiger partial charge on any atom is 0.416 e. The first kappa shape index (κ1) is 15.5. The summed E-state index contributed by atoms with van der Waals surface area (Å²) in [6, 6.07) is 4.59. The molecule has 1 rings (SSSR count). The predicted octanol–water partition coefficient (Wildman–Crippen LogP) is 3.17. The van der Waals surface area contributed by atoms with Crippen molar-refractivity contribution in [3.63, 3.8) is 0 Å². The number of carboxylic acids is 1. The van der Waals surface area contributed by atoms with E-state index in [0.29, 0.717) is 12.1 Å². The van der Waals surface area contributed by atoms with Crippen molar-refractivity contribution in [1.29, 1.82) is 0 Å². The van der Waals surface area contributed by atoms with Crippen LogP contribution >= 0.6 is 0 Å². The van der Waals surface area contributed by atoms with Crippen LogP contribution in [-0.2, 0) is 11.0 Å². The number of benzene rings is 1. The molecule has 0 bridgehead atoms. The van der Waals surface area contributed by atoms with Crippen molar-refractivity contribution in [1.82, 2.24) is 4.90 Å². The van der Waals surface area contributed by atoms with E-state index < -0.39 is 17.7 Å². The summed E-state index contributed by atoms with van der Waals surface area (Å²) < 4.78 is 37.9. The van der Waals surface area contributed by atoms with Gasteiger partial charge in [0.2, 0.25) is 0 Å². The lowest BCUT2D eigenvalue weighted by molar-refractivity contribution is -0.139. The Morgan fingerprint density at radius 1 is 1.42 bits per heavy atom. The van der Waals surface area contributed by atoms with Crippen LogP contribution in [0.5, 0.6) is 0 Å². The maximum absolute atomic E-state index is 12.6. The molecule has 106 valence electrons. The lowest BCUT2D eigenvalue weighted by atomic mass is 10.0. The maximum atomic E-state index is 12.6. The molecular formula is C13H16F3NO2. The molecule has 0 spiro atoms.